The highest BCUT2D eigenvalue weighted by Gasteiger charge is 2.28. The number of benzene rings is 2. The third kappa shape index (κ3) is 4.24. The molecule has 4 aromatic rings. The van der Waals surface area contributed by atoms with E-state index in [2.05, 4.69) is 15.3 Å². The maximum atomic E-state index is 12.8. The minimum Gasteiger partial charge on any atom is -0.508 e. The number of carbonyl (C=O) groups excluding carboxylic acids is 1. The van der Waals surface area contributed by atoms with Gasteiger partial charge in [0.2, 0.25) is 5.91 Å². The Balaban J connectivity index is 1.32. The fourth-order valence-corrected chi connectivity index (χ4v) is 4.54. The number of anilines is 2. The Labute approximate surface area is 196 Å². The van der Waals surface area contributed by atoms with Gasteiger partial charge in [0.25, 0.3) is 0 Å². The molecule has 2 aromatic carbocycles. The summed E-state index contributed by atoms with van der Waals surface area (Å²) in [5, 5.41) is 12.8. The lowest BCUT2D eigenvalue weighted by Gasteiger charge is -2.28. The number of phenols is 1. The number of fused-ring (bicyclic) bond motifs is 1. The molecule has 5 rings (SSSR count). The van der Waals surface area contributed by atoms with Crippen LogP contribution >= 0.6 is 0 Å². The van der Waals surface area contributed by atoms with Gasteiger partial charge in [-0.2, -0.15) is 0 Å². The quantitative estimate of drug-likeness (QED) is 0.410. The number of methoxy groups -OCH3 is 1. The van der Waals surface area contributed by atoms with Crippen LogP contribution < -0.4 is 15.8 Å². The van der Waals surface area contributed by atoms with Crippen LogP contribution in [0.5, 0.6) is 11.5 Å². The molecule has 2 aromatic heterocycles. The first-order valence-electron chi connectivity index (χ1n) is 11.3. The standard InChI is InChI=1S/C25H26N6O3/c1-34-20-7-3-5-17(13-20)28-25(33)15-8-10-18(11-9-15)31-14-27-21-22(26)29-23(30-24(21)31)16-4-2-6-19(32)12-16/h2-7,12-15,18,32H,8-11H2,1H3,(H,28,33)(H2,26,29,30). The average Bonchev–Trinajstić information content (AvgIpc) is 3.29. The van der Waals surface area contributed by atoms with E-state index in [9.17, 15) is 9.90 Å². The molecule has 174 valence electrons. The van der Waals surface area contributed by atoms with Crippen LogP contribution in [-0.2, 0) is 4.79 Å². The Kier molecular flexibility index (Phi) is 5.75. The van der Waals surface area contributed by atoms with Gasteiger partial charge in [0.15, 0.2) is 17.3 Å². The Hall–Kier alpha value is -4.14. The molecule has 0 atom stereocenters. The third-order valence-corrected chi connectivity index (χ3v) is 6.35. The molecule has 1 saturated carbocycles. The molecule has 9 nitrogen and oxygen atoms in total. The summed E-state index contributed by atoms with van der Waals surface area (Å²) in [7, 11) is 1.60. The first-order chi connectivity index (χ1) is 16.5. The summed E-state index contributed by atoms with van der Waals surface area (Å²) in [5.74, 6) is 1.56. The van der Waals surface area contributed by atoms with Crippen LogP contribution in [0.3, 0.4) is 0 Å². The number of aromatic nitrogens is 4. The molecular weight excluding hydrogens is 432 g/mol. The van der Waals surface area contributed by atoms with E-state index >= 15 is 0 Å². The molecule has 4 N–H and O–H groups in total. The van der Waals surface area contributed by atoms with Crippen LogP contribution in [0, 0.1) is 5.92 Å². The molecule has 0 spiro atoms. The number of phenolic OH excluding ortho intramolecular Hbond substituents is 1. The molecule has 1 aliphatic rings. The second-order valence-corrected chi connectivity index (χ2v) is 8.53. The number of ether oxygens (including phenoxy) is 1. The van der Waals surface area contributed by atoms with Crippen LogP contribution in [0.25, 0.3) is 22.6 Å². The van der Waals surface area contributed by atoms with Crippen LogP contribution in [0.4, 0.5) is 11.5 Å². The molecule has 0 unspecified atom stereocenters. The Morgan fingerprint density at radius 3 is 2.68 bits per heavy atom. The number of nitrogens with two attached hydrogens (primary N) is 1. The number of amides is 1. The van der Waals surface area contributed by atoms with Crippen molar-refractivity contribution in [3.63, 3.8) is 0 Å². The van der Waals surface area contributed by atoms with Crippen LogP contribution in [0.1, 0.15) is 31.7 Å². The third-order valence-electron chi connectivity index (χ3n) is 6.35. The van der Waals surface area contributed by atoms with Crippen molar-refractivity contribution >= 4 is 28.6 Å². The van der Waals surface area contributed by atoms with E-state index in [0.717, 1.165) is 31.4 Å². The van der Waals surface area contributed by atoms with E-state index in [0.29, 0.717) is 34.1 Å². The molecule has 2 heterocycles. The van der Waals surface area contributed by atoms with Crippen molar-refractivity contribution in [2.75, 3.05) is 18.2 Å². The molecule has 34 heavy (non-hydrogen) atoms. The fraction of sp³-hybridized carbons (Fsp3) is 0.280. The van der Waals surface area contributed by atoms with E-state index in [-0.39, 0.29) is 23.6 Å². The highest BCUT2D eigenvalue weighted by atomic mass is 16.5. The summed E-state index contributed by atoms with van der Waals surface area (Å²) >= 11 is 0. The first-order valence-corrected chi connectivity index (χ1v) is 11.3. The summed E-state index contributed by atoms with van der Waals surface area (Å²) in [5.41, 5.74) is 8.81. The predicted molar refractivity (Wildman–Crippen MR) is 129 cm³/mol. The first kappa shape index (κ1) is 21.7. The zero-order valence-electron chi connectivity index (χ0n) is 18.8. The van der Waals surface area contributed by atoms with Gasteiger partial charge in [-0.25, -0.2) is 15.0 Å². The SMILES string of the molecule is COc1cccc(NC(=O)C2CCC(n3cnc4c(N)nc(-c5cccc(O)c5)nc43)CC2)c1. The summed E-state index contributed by atoms with van der Waals surface area (Å²) in [4.78, 5) is 26.4. The van der Waals surface area contributed by atoms with Gasteiger partial charge in [0, 0.05) is 29.3 Å². The number of nitrogens with zero attached hydrogens (tertiary/aromatic N) is 4. The molecule has 0 saturated heterocycles. The van der Waals surface area contributed by atoms with E-state index in [4.69, 9.17) is 15.5 Å². The van der Waals surface area contributed by atoms with Crippen LogP contribution in [-0.4, -0.2) is 37.6 Å². The highest BCUT2D eigenvalue weighted by Crippen LogP contribution is 2.35. The fourth-order valence-electron chi connectivity index (χ4n) is 4.54. The van der Waals surface area contributed by atoms with Gasteiger partial charge in [0.1, 0.15) is 17.0 Å². The maximum Gasteiger partial charge on any atom is 0.227 e. The minimum absolute atomic E-state index is 0.0277. The molecule has 9 heteroatoms. The van der Waals surface area contributed by atoms with E-state index in [1.54, 1.807) is 31.6 Å². The number of hydrogen-bond acceptors (Lipinski definition) is 7. The van der Waals surface area contributed by atoms with Gasteiger partial charge in [0.05, 0.1) is 13.4 Å². The van der Waals surface area contributed by atoms with Crippen molar-refractivity contribution in [1.82, 2.24) is 19.5 Å². The van der Waals surface area contributed by atoms with Gasteiger partial charge < -0.3 is 25.5 Å². The largest absolute Gasteiger partial charge is 0.508 e. The normalized spacial score (nSPS) is 18.0. The predicted octanol–water partition coefficient (Wildman–Crippen LogP) is 4.16. The molecule has 1 fully saturated rings. The number of aromatic hydroxyl groups is 1. The number of nitrogen functional groups attached to an aromatic ring is 1. The minimum atomic E-state index is -0.0558. The van der Waals surface area contributed by atoms with Crippen molar-refractivity contribution in [1.29, 1.82) is 0 Å². The van der Waals surface area contributed by atoms with Crippen molar-refractivity contribution in [2.45, 2.75) is 31.7 Å². The second kappa shape index (κ2) is 9.01. The van der Waals surface area contributed by atoms with E-state index < -0.39 is 0 Å². The number of imidazole rings is 1. The van der Waals surface area contributed by atoms with Gasteiger partial charge in [-0.05, 0) is 49.9 Å². The molecule has 1 aliphatic carbocycles. The monoisotopic (exact) mass is 458 g/mol. The van der Waals surface area contributed by atoms with E-state index in [1.807, 2.05) is 34.9 Å². The average molecular weight is 459 g/mol. The molecule has 0 radical (unpaired) electrons. The van der Waals surface area contributed by atoms with E-state index in [1.165, 1.54) is 0 Å². The Morgan fingerprint density at radius 1 is 1.12 bits per heavy atom. The van der Waals surface area contributed by atoms with Crippen molar-refractivity contribution in [2.24, 2.45) is 5.92 Å². The topological polar surface area (TPSA) is 128 Å². The highest BCUT2D eigenvalue weighted by molar-refractivity contribution is 5.92. The number of carbonyl (C=O) groups is 1. The lowest BCUT2D eigenvalue weighted by molar-refractivity contribution is -0.120. The van der Waals surface area contributed by atoms with Gasteiger partial charge in [-0.15, -0.1) is 0 Å². The number of hydrogen-bond donors (Lipinski definition) is 3. The summed E-state index contributed by atoms with van der Waals surface area (Å²) < 4.78 is 7.27. The van der Waals surface area contributed by atoms with Crippen molar-refractivity contribution in [3.8, 4) is 22.9 Å². The van der Waals surface area contributed by atoms with Gasteiger partial charge in [-0.3, -0.25) is 4.79 Å². The van der Waals surface area contributed by atoms with Gasteiger partial charge >= 0.3 is 0 Å². The molecular formula is C25H26N6O3. The van der Waals surface area contributed by atoms with Crippen molar-refractivity contribution < 1.29 is 14.6 Å². The lowest BCUT2D eigenvalue weighted by atomic mass is 9.85. The number of rotatable bonds is 5. The molecule has 1 amide bonds. The summed E-state index contributed by atoms with van der Waals surface area (Å²) in [6, 6.07) is 14.3. The summed E-state index contributed by atoms with van der Waals surface area (Å²) in [6.45, 7) is 0. The maximum absolute atomic E-state index is 12.8. The van der Waals surface area contributed by atoms with Crippen molar-refractivity contribution in [3.05, 3.63) is 54.9 Å². The number of nitrogens with one attached hydrogen (secondary N) is 1. The zero-order chi connectivity index (χ0) is 23.7. The molecule has 0 aliphatic heterocycles. The zero-order valence-corrected chi connectivity index (χ0v) is 18.8. The van der Waals surface area contributed by atoms with Crippen LogP contribution in [0.15, 0.2) is 54.9 Å². The summed E-state index contributed by atoms with van der Waals surface area (Å²) in [6.07, 6.45) is 4.93. The molecule has 0 bridgehead atoms. The lowest BCUT2D eigenvalue weighted by Crippen LogP contribution is -2.28. The van der Waals surface area contributed by atoms with Crippen LogP contribution in [0.2, 0.25) is 0 Å². The smallest absolute Gasteiger partial charge is 0.227 e. The Morgan fingerprint density at radius 2 is 1.91 bits per heavy atom. The Bertz CT molecular complexity index is 1340. The van der Waals surface area contributed by atoms with Gasteiger partial charge in [-0.1, -0.05) is 18.2 Å². The second-order valence-electron chi connectivity index (χ2n) is 8.53.